The first-order chi connectivity index (χ1) is 8.33. The predicted molar refractivity (Wildman–Crippen MR) is 72.2 cm³/mol. The van der Waals surface area contributed by atoms with Crippen molar-refractivity contribution in [2.75, 3.05) is 25.0 Å². The zero-order valence-electron chi connectivity index (χ0n) is 10.9. The number of pyridine rings is 1. The highest BCUT2D eigenvalue weighted by atomic mass is 15.2. The van der Waals surface area contributed by atoms with E-state index in [0.717, 1.165) is 30.5 Å². The van der Waals surface area contributed by atoms with Crippen LogP contribution >= 0.6 is 0 Å². The van der Waals surface area contributed by atoms with Gasteiger partial charge in [-0.05, 0) is 44.9 Å². The van der Waals surface area contributed by atoms with Crippen molar-refractivity contribution < 1.29 is 0 Å². The van der Waals surface area contributed by atoms with Gasteiger partial charge in [-0.2, -0.15) is 0 Å². The molecule has 1 fully saturated rings. The second kappa shape index (κ2) is 6.01. The number of nitrogens with zero attached hydrogens (tertiary/aromatic N) is 2. The van der Waals surface area contributed by atoms with Gasteiger partial charge in [0, 0.05) is 19.6 Å². The maximum Gasteiger partial charge on any atom is 0.128 e. The van der Waals surface area contributed by atoms with E-state index in [-0.39, 0.29) is 0 Å². The predicted octanol–water partition coefficient (Wildman–Crippen LogP) is 2.43. The average molecular weight is 233 g/mol. The van der Waals surface area contributed by atoms with Crippen molar-refractivity contribution in [3.8, 4) is 0 Å². The molecule has 0 amide bonds. The Morgan fingerprint density at radius 3 is 2.82 bits per heavy atom. The third kappa shape index (κ3) is 3.19. The quantitative estimate of drug-likeness (QED) is 0.818. The van der Waals surface area contributed by atoms with Gasteiger partial charge in [0.1, 0.15) is 5.82 Å². The Morgan fingerprint density at radius 1 is 1.41 bits per heavy atom. The SMILES string of the molecule is CCN(CC1CCC1)c1cccc(CNC)n1. The Hall–Kier alpha value is -1.09. The molecule has 0 atom stereocenters. The summed E-state index contributed by atoms with van der Waals surface area (Å²) in [7, 11) is 1.96. The minimum Gasteiger partial charge on any atom is -0.357 e. The molecule has 1 aromatic rings. The molecule has 1 saturated carbocycles. The zero-order chi connectivity index (χ0) is 12.1. The Morgan fingerprint density at radius 2 is 2.24 bits per heavy atom. The lowest BCUT2D eigenvalue weighted by molar-refractivity contribution is 0.318. The number of anilines is 1. The average Bonchev–Trinajstić information content (AvgIpc) is 2.29. The molecule has 17 heavy (non-hydrogen) atoms. The number of aromatic nitrogens is 1. The van der Waals surface area contributed by atoms with Crippen LogP contribution in [0.4, 0.5) is 5.82 Å². The first-order valence-corrected chi connectivity index (χ1v) is 6.69. The van der Waals surface area contributed by atoms with Crippen molar-refractivity contribution in [3.63, 3.8) is 0 Å². The van der Waals surface area contributed by atoms with Gasteiger partial charge in [-0.3, -0.25) is 0 Å². The van der Waals surface area contributed by atoms with Crippen LogP contribution in [-0.2, 0) is 6.54 Å². The molecule has 0 saturated heterocycles. The van der Waals surface area contributed by atoms with Gasteiger partial charge in [0.25, 0.3) is 0 Å². The summed E-state index contributed by atoms with van der Waals surface area (Å²) in [6.07, 6.45) is 4.20. The monoisotopic (exact) mass is 233 g/mol. The number of hydrogen-bond acceptors (Lipinski definition) is 3. The number of rotatable bonds is 6. The largest absolute Gasteiger partial charge is 0.357 e. The first kappa shape index (κ1) is 12.4. The normalized spacial score (nSPS) is 15.6. The van der Waals surface area contributed by atoms with Crippen molar-refractivity contribution in [1.29, 1.82) is 0 Å². The molecule has 1 aromatic heterocycles. The Kier molecular flexibility index (Phi) is 4.37. The second-order valence-corrected chi connectivity index (χ2v) is 4.85. The van der Waals surface area contributed by atoms with Crippen molar-refractivity contribution in [2.24, 2.45) is 5.92 Å². The topological polar surface area (TPSA) is 28.2 Å². The lowest BCUT2D eigenvalue weighted by Crippen LogP contribution is -2.33. The van der Waals surface area contributed by atoms with Gasteiger partial charge in [-0.1, -0.05) is 12.5 Å². The molecule has 2 rings (SSSR count). The Labute approximate surface area is 104 Å². The summed E-state index contributed by atoms with van der Waals surface area (Å²) in [5.74, 6) is 2.02. The van der Waals surface area contributed by atoms with Crippen LogP contribution in [-0.4, -0.2) is 25.1 Å². The molecule has 0 unspecified atom stereocenters. The van der Waals surface area contributed by atoms with E-state index < -0.39 is 0 Å². The third-order valence-electron chi connectivity index (χ3n) is 3.56. The van der Waals surface area contributed by atoms with E-state index in [1.807, 2.05) is 7.05 Å². The molecule has 94 valence electrons. The van der Waals surface area contributed by atoms with Crippen molar-refractivity contribution in [3.05, 3.63) is 23.9 Å². The van der Waals surface area contributed by atoms with Gasteiger partial charge in [-0.15, -0.1) is 0 Å². The fourth-order valence-electron chi connectivity index (χ4n) is 2.29. The smallest absolute Gasteiger partial charge is 0.128 e. The van der Waals surface area contributed by atoms with E-state index in [0.29, 0.717) is 0 Å². The standard InChI is InChI=1S/C14H23N3/c1-3-17(11-12-6-4-7-12)14-9-5-8-13(16-14)10-15-2/h5,8-9,12,15H,3-4,6-7,10-11H2,1-2H3. The molecule has 0 radical (unpaired) electrons. The van der Waals surface area contributed by atoms with Gasteiger partial charge in [0.05, 0.1) is 5.69 Å². The van der Waals surface area contributed by atoms with E-state index in [2.05, 4.69) is 35.3 Å². The maximum atomic E-state index is 4.71. The lowest BCUT2D eigenvalue weighted by atomic mass is 9.85. The molecule has 0 aromatic carbocycles. The molecule has 3 heteroatoms. The van der Waals surface area contributed by atoms with Gasteiger partial charge >= 0.3 is 0 Å². The number of hydrogen-bond donors (Lipinski definition) is 1. The third-order valence-corrected chi connectivity index (χ3v) is 3.56. The summed E-state index contributed by atoms with van der Waals surface area (Å²) in [6.45, 7) is 5.28. The highest BCUT2D eigenvalue weighted by molar-refractivity contribution is 5.39. The highest BCUT2D eigenvalue weighted by Gasteiger charge is 2.20. The molecule has 3 nitrogen and oxygen atoms in total. The van der Waals surface area contributed by atoms with Crippen molar-refractivity contribution in [2.45, 2.75) is 32.7 Å². The van der Waals surface area contributed by atoms with Gasteiger partial charge < -0.3 is 10.2 Å². The van der Waals surface area contributed by atoms with Crippen molar-refractivity contribution in [1.82, 2.24) is 10.3 Å². The van der Waals surface area contributed by atoms with Crippen LogP contribution in [0, 0.1) is 5.92 Å². The molecule has 1 N–H and O–H groups in total. The van der Waals surface area contributed by atoms with E-state index in [1.54, 1.807) is 0 Å². The van der Waals surface area contributed by atoms with E-state index in [9.17, 15) is 0 Å². The summed E-state index contributed by atoms with van der Waals surface area (Å²) in [5.41, 5.74) is 1.12. The molecular weight excluding hydrogens is 210 g/mol. The minimum absolute atomic E-state index is 0.842. The van der Waals surface area contributed by atoms with Gasteiger partial charge in [0.2, 0.25) is 0 Å². The summed E-state index contributed by atoms with van der Waals surface area (Å²) in [5, 5.41) is 3.15. The molecule has 1 heterocycles. The van der Waals surface area contributed by atoms with Crippen LogP contribution in [0.2, 0.25) is 0 Å². The van der Waals surface area contributed by atoms with E-state index in [4.69, 9.17) is 4.98 Å². The summed E-state index contributed by atoms with van der Waals surface area (Å²) < 4.78 is 0. The summed E-state index contributed by atoms with van der Waals surface area (Å²) in [6, 6.07) is 6.32. The van der Waals surface area contributed by atoms with Crippen LogP contribution in [0.5, 0.6) is 0 Å². The van der Waals surface area contributed by atoms with Crippen LogP contribution in [0.3, 0.4) is 0 Å². The summed E-state index contributed by atoms with van der Waals surface area (Å²) in [4.78, 5) is 7.11. The van der Waals surface area contributed by atoms with E-state index in [1.165, 1.54) is 25.8 Å². The maximum absolute atomic E-state index is 4.71. The first-order valence-electron chi connectivity index (χ1n) is 6.69. The molecule has 0 aliphatic heterocycles. The molecule has 1 aliphatic carbocycles. The summed E-state index contributed by atoms with van der Waals surface area (Å²) >= 11 is 0. The number of nitrogens with one attached hydrogen (secondary N) is 1. The van der Waals surface area contributed by atoms with Crippen molar-refractivity contribution >= 4 is 5.82 Å². The Bertz CT molecular complexity index is 347. The molecule has 0 spiro atoms. The fourth-order valence-corrected chi connectivity index (χ4v) is 2.29. The molecular formula is C14H23N3. The fraction of sp³-hybridized carbons (Fsp3) is 0.643. The van der Waals surface area contributed by atoms with Crippen LogP contribution in [0.25, 0.3) is 0 Å². The molecule has 0 bridgehead atoms. The van der Waals surface area contributed by atoms with Gasteiger partial charge in [-0.25, -0.2) is 4.98 Å². The lowest BCUT2D eigenvalue weighted by Gasteiger charge is -2.32. The van der Waals surface area contributed by atoms with Gasteiger partial charge in [0.15, 0.2) is 0 Å². The zero-order valence-corrected chi connectivity index (χ0v) is 10.9. The minimum atomic E-state index is 0.842. The van der Waals surface area contributed by atoms with Crippen LogP contribution < -0.4 is 10.2 Å². The molecule has 1 aliphatic rings. The Balaban J connectivity index is 2.03. The van der Waals surface area contributed by atoms with E-state index >= 15 is 0 Å². The second-order valence-electron chi connectivity index (χ2n) is 4.85. The van der Waals surface area contributed by atoms with Crippen LogP contribution in [0.15, 0.2) is 18.2 Å². The van der Waals surface area contributed by atoms with Crippen LogP contribution in [0.1, 0.15) is 31.9 Å². The highest BCUT2D eigenvalue weighted by Crippen LogP contribution is 2.28.